The number of carbonyl (C=O) groups excluding carboxylic acids is 5. The molecule has 0 aliphatic carbocycles. The van der Waals surface area contributed by atoms with Crippen LogP contribution in [0.2, 0.25) is 0 Å². The lowest BCUT2D eigenvalue weighted by molar-refractivity contribution is -0.142. The van der Waals surface area contributed by atoms with Crippen molar-refractivity contribution in [3.8, 4) is 0 Å². The molecule has 4 amide bonds. The molecule has 0 spiro atoms. The Morgan fingerprint density at radius 2 is 2.03 bits per heavy atom. The fourth-order valence-corrected chi connectivity index (χ4v) is 3.35. The molecule has 1 aromatic rings. The molecule has 5 N–H and O–H groups in total. The molecule has 11 heteroatoms. The zero-order chi connectivity index (χ0) is 23.7. The molecule has 2 heterocycles. The molecular formula is C21H29N5O6. The topological polar surface area (TPSA) is 170 Å². The first-order chi connectivity index (χ1) is 15.2. The van der Waals surface area contributed by atoms with E-state index in [-0.39, 0.29) is 31.2 Å². The number of nitrogens with two attached hydrogens (primary N) is 1. The van der Waals surface area contributed by atoms with Crippen LogP contribution in [0.3, 0.4) is 0 Å². The number of hydrogen-bond donors (Lipinski definition) is 4. The first-order valence-electron chi connectivity index (χ1n) is 10.4. The van der Waals surface area contributed by atoms with E-state index in [0.29, 0.717) is 18.7 Å². The predicted molar refractivity (Wildman–Crippen MR) is 113 cm³/mol. The molecular weight excluding hydrogens is 418 g/mol. The number of ketones is 1. The number of primary amides is 1. The number of carbonyl (C=O) groups is 5. The van der Waals surface area contributed by atoms with Crippen molar-refractivity contribution in [1.82, 2.24) is 20.9 Å². The van der Waals surface area contributed by atoms with E-state index in [9.17, 15) is 24.0 Å². The maximum atomic E-state index is 12.9. The van der Waals surface area contributed by atoms with Crippen LogP contribution in [-0.4, -0.2) is 53.3 Å². The van der Waals surface area contributed by atoms with Crippen molar-refractivity contribution in [3.05, 3.63) is 30.1 Å². The van der Waals surface area contributed by atoms with E-state index in [0.717, 1.165) is 0 Å². The zero-order valence-electron chi connectivity index (χ0n) is 18.1. The van der Waals surface area contributed by atoms with Crippen LogP contribution < -0.4 is 21.7 Å². The van der Waals surface area contributed by atoms with Gasteiger partial charge < -0.3 is 26.4 Å². The third-order valence-corrected chi connectivity index (χ3v) is 4.93. The second-order valence-corrected chi connectivity index (χ2v) is 8.00. The second kappa shape index (κ2) is 11.8. The number of ether oxygens (including phenoxy) is 1. The molecule has 174 valence electrons. The lowest BCUT2D eigenvalue weighted by Crippen LogP contribution is -2.52. The lowest BCUT2D eigenvalue weighted by atomic mass is 9.95. The Kier molecular flexibility index (Phi) is 9.11. The minimum absolute atomic E-state index is 0.0125. The Balaban J connectivity index is 2.11. The Morgan fingerprint density at radius 1 is 1.28 bits per heavy atom. The van der Waals surface area contributed by atoms with Gasteiger partial charge in [-0.15, -0.1) is 0 Å². The highest BCUT2D eigenvalue weighted by Gasteiger charge is 2.36. The van der Waals surface area contributed by atoms with Crippen molar-refractivity contribution in [1.29, 1.82) is 0 Å². The smallest absolute Gasteiger partial charge is 0.405 e. The fourth-order valence-electron chi connectivity index (χ4n) is 3.35. The minimum Gasteiger partial charge on any atom is -0.436 e. The number of pyridine rings is 1. The van der Waals surface area contributed by atoms with Crippen molar-refractivity contribution in [2.75, 3.05) is 6.54 Å². The molecule has 3 atom stereocenters. The van der Waals surface area contributed by atoms with Crippen molar-refractivity contribution in [3.63, 3.8) is 0 Å². The number of Topliss-reactive ketones (excluding diaryl/α,β-unsaturated/α-hetero) is 1. The van der Waals surface area contributed by atoms with Gasteiger partial charge in [0.25, 0.3) is 11.8 Å². The van der Waals surface area contributed by atoms with Gasteiger partial charge in [0.05, 0.1) is 18.3 Å². The van der Waals surface area contributed by atoms with Crippen LogP contribution in [0, 0.1) is 11.8 Å². The van der Waals surface area contributed by atoms with Gasteiger partial charge in [0.2, 0.25) is 11.7 Å². The van der Waals surface area contributed by atoms with E-state index >= 15 is 0 Å². The van der Waals surface area contributed by atoms with Gasteiger partial charge in [-0.1, -0.05) is 19.9 Å². The summed E-state index contributed by atoms with van der Waals surface area (Å²) in [4.78, 5) is 65.3. The molecule has 1 aliphatic heterocycles. The summed E-state index contributed by atoms with van der Waals surface area (Å²) >= 11 is 0. The number of hydrogen-bond acceptors (Lipinski definition) is 7. The highest BCUT2D eigenvalue weighted by Crippen LogP contribution is 2.18. The van der Waals surface area contributed by atoms with Crippen molar-refractivity contribution in [2.24, 2.45) is 17.6 Å². The Bertz CT molecular complexity index is 844. The molecule has 0 radical (unpaired) electrons. The monoisotopic (exact) mass is 447 g/mol. The quantitative estimate of drug-likeness (QED) is 0.340. The number of nitrogens with zero attached hydrogens (tertiary/aromatic N) is 1. The van der Waals surface area contributed by atoms with Crippen LogP contribution in [0.15, 0.2) is 24.4 Å². The Hall–Kier alpha value is -3.50. The van der Waals surface area contributed by atoms with E-state index < -0.39 is 41.8 Å². The van der Waals surface area contributed by atoms with Crippen LogP contribution in [0.5, 0.6) is 0 Å². The highest BCUT2D eigenvalue weighted by molar-refractivity contribution is 6.38. The third kappa shape index (κ3) is 7.64. The van der Waals surface area contributed by atoms with Crippen LogP contribution in [0.4, 0.5) is 4.79 Å². The molecule has 1 fully saturated rings. The molecule has 2 rings (SSSR count). The van der Waals surface area contributed by atoms with E-state index in [1.165, 1.54) is 0 Å². The van der Waals surface area contributed by atoms with Gasteiger partial charge in [-0.2, -0.15) is 0 Å². The first kappa shape index (κ1) is 24.8. The largest absolute Gasteiger partial charge is 0.436 e. The van der Waals surface area contributed by atoms with Crippen LogP contribution in [0.25, 0.3) is 0 Å². The highest BCUT2D eigenvalue weighted by atomic mass is 16.6. The normalized spacial score (nSPS) is 17.2. The SMILES string of the molecule is CC(C)CC(OC(N)=O)C(=O)NC(CC1CCNC1=O)C(=O)C(=O)NCc1ccccn1. The summed E-state index contributed by atoms with van der Waals surface area (Å²) < 4.78 is 4.89. The van der Waals surface area contributed by atoms with Crippen molar-refractivity contribution < 1.29 is 28.7 Å². The standard InChI is InChI=1S/C21H29N5O6/c1-12(2)9-16(32-21(22)31)19(29)26-15(10-13-6-8-24-18(13)28)17(27)20(30)25-11-14-5-3-4-7-23-14/h3-5,7,12-13,15-16H,6,8-11H2,1-2H3,(H2,22,31)(H,24,28)(H,25,30)(H,26,29). The molecule has 32 heavy (non-hydrogen) atoms. The molecule has 3 unspecified atom stereocenters. The molecule has 11 nitrogen and oxygen atoms in total. The van der Waals surface area contributed by atoms with E-state index in [1.54, 1.807) is 24.4 Å². The van der Waals surface area contributed by atoms with Crippen LogP contribution in [-0.2, 0) is 30.5 Å². The molecule has 0 saturated carbocycles. The van der Waals surface area contributed by atoms with Gasteiger partial charge in [-0.25, -0.2) is 4.79 Å². The number of amides is 4. The molecule has 1 aliphatic rings. The average Bonchev–Trinajstić information content (AvgIpc) is 3.14. The van der Waals surface area contributed by atoms with E-state index in [2.05, 4.69) is 20.9 Å². The van der Waals surface area contributed by atoms with Crippen molar-refractivity contribution >= 4 is 29.6 Å². The predicted octanol–water partition coefficient (Wildman–Crippen LogP) is -0.212. The van der Waals surface area contributed by atoms with Gasteiger partial charge in [0, 0.05) is 18.7 Å². The summed E-state index contributed by atoms with van der Waals surface area (Å²) in [6.07, 6.45) is -0.210. The summed E-state index contributed by atoms with van der Waals surface area (Å²) in [5, 5.41) is 7.61. The van der Waals surface area contributed by atoms with Gasteiger partial charge >= 0.3 is 6.09 Å². The fraction of sp³-hybridized carbons (Fsp3) is 0.524. The zero-order valence-corrected chi connectivity index (χ0v) is 18.1. The molecule has 0 bridgehead atoms. The maximum absolute atomic E-state index is 12.9. The molecule has 1 aromatic heterocycles. The lowest BCUT2D eigenvalue weighted by Gasteiger charge is -2.23. The number of nitrogens with one attached hydrogen (secondary N) is 3. The molecule has 1 saturated heterocycles. The van der Waals surface area contributed by atoms with Crippen molar-refractivity contribution in [2.45, 2.75) is 51.8 Å². The summed E-state index contributed by atoms with van der Waals surface area (Å²) in [6, 6.07) is 3.87. The minimum atomic E-state index is -1.27. The maximum Gasteiger partial charge on any atom is 0.405 e. The first-order valence-corrected chi connectivity index (χ1v) is 10.4. The molecule has 0 aromatic carbocycles. The van der Waals surface area contributed by atoms with Crippen LogP contribution >= 0.6 is 0 Å². The summed E-state index contributed by atoms with van der Waals surface area (Å²) in [5.74, 6) is -3.38. The Labute approximate surface area is 185 Å². The van der Waals surface area contributed by atoms with Gasteiger partial charge in [0.1, 0.15) is 0 Å². The third-order valence-electron chi connectivity index (χ3n) is 4.93. The number of rotatable bonds is 11. The van der Waals surface area contributed by atoms with Gasteiger partial charge in [0.15, 0.2) is 6.10 Å². The van der Waals surface area contributed by atoms with Gasteiger partial charge in [-0.05, 0) is 37.3 Å². The van der Waals surface area contributed by atoms with Crippen LogP contribution in [0.1, 0.15) is 38.8 Å². The van der Waals surface area contributed by atoms with Gasteiger partial charge in [-0.3, -0.25) is 24.2 Å². The van der Waals surface area contributed by atoms with E-state index in [1.807, 2.05) is 13.8 Å². The summed E-state index contributed by atoms with van der Waals surface area (Å²) in [7, 11) is 0. The average molecular weight is 447 g/mol. The Morgan fingerprint density at radius 3 is 2.59 bits per heavy atom. The number of aromatic nitrogens is 1. The summed E-state index contributed by atoms with van der Waals surface area (Å²) in [5.41, 5.74) is 5.61. The second-order valence-electron chi connectivity index (χ2n) is 8.00. The van der Waals surface area contributed by atoms with E-state index in [4.69, 9.17) is 10.5 Å². The summed E-state index contributed by atoms with van der Waals surface area (Å²) in [6.45, 7) is 4.12.